The van der Waals surface area contributed by atoms with Gasteiger partial charge >= 0.3 is 0 Å². The lowest BCUT2D eigenvalue weighted by atomic mass is 10.1. The maximum absolute atomic E-state index is 13.5. The van der Waals surface area contributed by atoms with Gasteiger partial charge in [0.05, 0.1) is 30.9 Å². The summed E-state index contributed by atoms with van der Waals surface area (Å²) in [5.74, 6) is -3.76. The number of aromatic nitrogens is 3. The van der Waals surface area contributed by atoms with Crippen LogP contribution in [0.4, 0.5) is 13.2 Å². The zero-order valence-electron chi connectivity index (χ0n) is 18.7. The Morgan fingerprint density at radius 2 is 1.94 bits per heavy atom. The van der Waals surface area contributed by atoms with Gasteiger partial charge < -0.3 is 19.3 Å². The van der Waals surface area contributed by atoms with Crippen molar-refractivity contribution in [1.29, 1.82) is 5.41 Å². The van der Waals surface area contributed by atoms with Crippen LogP contribution in [0.3, 0.4) is 0 Å². The van der Waals surface area contributed by atoms with Crippen molar-refractivity contribution in [3.63, 3.8) is 0 Å². The number of aliphatic hydroxyl groups excluding tert-OH is 1. The van der Waals surface area contributed by atoms with Crippen LogP contribution in [0, 0.1) is 29.8 Å². The molecule has 10 heteroatoms. The molecule has 1 atom stereocenters. The molecule has 0 saturated carbocycles. The molecule has 7 nitrogen and oxygen atoms in total. The van der Waals surface area contributed by atoms with Gasteiger partial charge in [0.25, 0.3) is 0 Å². The summed E-state index contributed by atoms with van der Waals surface area (Å²) in [6.07, 6.45) is 5.21. The molecule has 0 bridgehead atoms. The number of benzene rings is 1. The molecule has 0 saturated heterocycles. The summed E-state index contributed by atoms with van der Waals surface area (Å²) in [6.45, 7) is 2.27. The van der Waals surface area contributed by atoms with Crippen LogP contribution in [0.2, 0.25) is 0 Å². The summed E-state index contributed by atoms with van der Waals surface area (Å²) in [5.41, 5.74) is 2.99. The van der Waals surface area contributed by atoms with Crippen LogP contribution in [0.15, 0.2) is 42.9 Å². The zero-order valence-corrected chi connectivity index (χ0v) is 18.7. The van der Waals surface area contributed by atoms with E-state index >= 15 is 0 Å². The van der Waals surface area contributed by atoms with Crippen molar-refractivity contribution in [3.8, 4) is 11.6 Å². The minimum absolute atomic E-state index is 0.0667. The molecule has 1 aliphatic heterocycles. The molecule has 1 aliphatic rings. The lowest BCUT2D eigenvalue weighted by Crippen LogP contribution is -2.33. The van der Waals surface area contributed by atoms with E-state index in [9.17, 15) is 18.3 Å². The number of hydrogen-bond donors (Lipinski definition) is 2. The quantitative estimate of drug-likeness (QED) is 0.527. The fourth-order valence-electron chi connectivity index (χ4n) is 3.89. The highest BCUT2D eigenvalue weighted by Crippen LogP contribution is 2.28. The Morgan fingerprint density at radius 1 is 1.21 bits per heavy atom. The van der Waals surface area contributed by atoms with Crippen molar-refractivity contribution in [3.05, 3.63) is 77.3 Å². The van der Waals surface area contributed by atoms with Crippen molar-refractivity contribution in [2.45, 2.75) is 25.9 Å². The molecule has 178 valence electrons. The van der Waals surface area contributed by atoms with E-state index in [2.05, 4.69) is 9.97 Å². The number of β-amino-alcohol motifs (C(OH)–C–C–N with tert-alkyl or cyclic N) is 1. The second-order valence-electron chi connectivity index (χ2n) is 8.07. The van der Waals surface area contributed by atoms with E-state index in [1.165, 1.54) is 7.11 Å². The largest absolute Gasteiger partial charge is 0.479 e. The summed E-state index contributed by atoms with van der Waals surface area (Å²) < 4.78 is 47.6. The van der Waals surface area contributed by atoms with Crippen LogP contribution >= 0.6 is 0 Å². The fraction of sp³-hybridized carbons (Fsp3) is 0.292. The number of nitrogens with one attached hydrogen (secondary N) is 1. The number of halogens is 3. The highest BCUT2D eigenvalue weighted by Gasteiger charge is 2.22. The van der Waals surface area contributed by atoms with Gasteiger partial charge in [0.1, 0.15) is 11.5 Å². The van der Waals surface area contributed by atoms with Gasteiger partial charge in [-0.3, -0.25) is 5.41 Å². The summed E-state index contributed by atoms with van der Waals surface area (Å²) >= 11 is 0. The summed E-state index contributed by atoms with van der Waals surface area (Å²) in [7, 11) is 1.53. The molecule has 0 aliphatic carbocycles. The first kappa shape index (κ1) is 23.5. The number of allylic oxidation sites excluding steroid dienone is 1. The lowest BCUT2D eigenvalue weighted by Gasteiger charge is -2.25. The van der Waals surface area contributed by atoms with Gasteiger partial charge in [-0.1, -0.05) is 0 Å². The Kier molecular flexibility index (Phi) is 6.69. The third-order valence-electron chi connectivity index (χ3n) is 5.66. The van der Waals surface area contributed by atoms with Crippen LogP contribution < -0.4 is 4.74 Å². The van der Waals surface area contributed by atoms with Crippen LogP contribution in [0.1, 0.15) is 35.9 Å². The Hall–Kier alpha value is -3.66. The molecule has 3 heterocycles. The zero-order chi connectivity index (χ0) is 24.4. The van der Waals surface area contributed by atoms with Crippen molar-refractivity contribution >= 4 is 11.4 Å². The predicted molar refractivity (Wildman–Crippen MR) is 120 cm³/mol. The molecule has 2 aromatic heterocycles. The highest BCUT2D eigenvalue weighted by molar-refractivity contribution is 5.97. The third kappa shape index (κ3) is 4.81. The maximum Gasteiger partial charge on any atom is 0.238 e. The number of aliphatic hydroxyl groups is 1. The number of nitrogens with zero attached hydrogens (tertiary/aromatic N) is 4. The first-order valence-corrected chi connectivity index (χ1v) is 10.7. The molecule has 4 rings (SSSR count). The Labute approximate surface area is 194 Å². The van der Waals surface area contributed by atoms with Gasteiger partial charge in [0, 0.05) is 19.3 Å². The normalized spacial score (nSPS) is 15.2. The number of aryl methyl sites for hydroxylation is 1. The van der Waals surface area contributed by atoms with E-state index in [4.69, 9.17) is 10.1 Å². The molecular formula is C24H24F3N5O2. The number of rotatable bonds is 6. The van der Waals surface area contributed by atoms with E-state index < -0.39 is 23.6 Å². The first-order chi connectivity index (χ1) is 16.3. The van der Waals surface area contributed by atoms with Gasteiger partial charge in [-0.25, -0.2) is 23.1 Å². The number of pyridine rings is 1. The van der Waals surface area contributed by atoms with Gasteiger partial charge in [0.2, 0.25) is 5.88 Å². The van der Waals surface area contributed by atoms with Crippen molar-refractivity contribution < 1.29 is 23.0 Å². The van der Waals surface area contributed by atoms with E-state index in [0.29, 0.717) is 31.0 Å². The van der Waals surface area contributed by atoms with E-state index in [1.54, 1.807) is 17.3 Å². The topological polar surface area (TPSA) is 87.3 Å². The number of amidine groups is 1. The van der Waals surface area contributed by atoms with Gasteiger partial charge in [-0.15, -0.1) is 0 Å². The first-order valence-electron chi connectivity index (χ1n) is 10.7. The Morgan fingerprint density at radius 3 is 2.59 bits per heavy atom. The molecule has 0 spiro atoms. The molecule has 0 fully saturated rings. The van der Waals surface area contributed by atoms with Crippen molar-refractivity contribution in [2.24, 2.45) is 0 Å². The molecule has 1 aromatic carbocycles. The number of ether oxygens (including phenoxy) is 1. The monoisotopic (exact) mass is 471 g/mol. The van der Waals surface area contributed by atoms with Crippen molar-refractivity contribution in [2.75, 3.05) is 20.2 Å². The smallest absolute Gasteiger partial charge is 0.238 e. The van der Waals surface area contributed by atoms with Crippen LogP contribution in [0.5, 0.6) is 5.88 Å². The van der Waals surface area contributed by atoms with Gasteiger partial charge in [0.15, 0.2) is 17.5 Å². The standard InChI is InChI=1S/C24H24F3N5O2/c1-14-11-32(13-29-14)20-6-5-19(30-24(20)34-2)15-4-3-7-31(22(28)10-15)12-21(33)16-8-17(25)23(27)18(26)9-16/h5-6,8-11,13,21,28,33H,3-4,7,12H2,1-2H3. The lowest BCUT2D eigenvalue weighted by molar-refractivity contribution is 0.143. The summed E-state index contributed by atoms with van der Waals surface area (Å²) in [4.78, 5) is 10.4. The summed E-state index contributed by atoms with van der Waals surface area (Å²) in [6, 6.07) is 5.26. The Bertz CT molecular complexity index is 1230. The van der Waals surface area contributed by atoms with E-state index in [0.717, 1.165) is 29.1 Å². The van der Waals surface area contributed by atoms with Crippen LogP contribution in [-0.2, 0) is 0 Å². The van der Waals surface area contributed by atoms with Crippen LogP contribution in [0.25, 0.3) is 11.3 Å². The number of methoxy groups -OCH3 is 1. The molecule has 0 amide bonds. The average molecular weight is 471 g/mol. The van der Waals surface area contributed by atoms with Crippen LogP contribution in [-0.4, -0.2) is 50.6 Å². The highest BCUT2D eigenvalue weighted by atomic mass is 19.2. The van der Waals surface area contributed by atoms with Gasteiger partial charge in [-0.2, -0.15) is 0 Å². The molecule has 3 aromatic rings. The van der Waals surface area contributed by atoms with Gasteiger partial charge in [-0.05, 0) is 61.2 Å². The number of hydrogen-bond acceptors (Lipinski definition) is 5. The minimum Gasteiger partial charge on any atom is -0.479 e. The number of imidazole rings is 1. The summed E-state index contributed by atoms with van der Waals surface area (Å²) in [5, 5.41) is 18.9. The predicted octanol–water partition coefficient (Wildman–Crippen LogP) is 4.19. The molecular weight excluding hydrogens is 447 g/mol. The Balaban J connectivity index is 1.54. The molecule has 2 N–H and O–H groups in total. The molecule has 1 unspecified atom stereocenters. The SMILES string of the molecule is COc1nc(C2=CC(=N)N(CC(O)c3cc(F)c(F)c(F)c3)CCC2)ccc1-n1cnc(C)c1. The van der Waals surface area contributed by atoms with Crippen molar-refractivity contribution in [1.82, 2.24) is 19.4 Å². The fourth-order valence-corrected chi connectivity index (χ4v) is 3.89. The second kappa shape index (κ2) is 9.68. The second-order valence-corrected chi connectivity index (χ2v) is 8.07. The van der Waals surface area contributed by atoms with E-state index in [-0.39, 0.29) is 17.9 Å². The maximum atomic E-state index is 13.5. The minimum atomic E-state index is -1.58. The molecule has 0 radical (unpaired) electrons. The third-order valence-corrected chi connectivity index (χ3v) is 5.66. The average Bonchev–Trinajstić information content (AvgIpc) is 3.17. The molecule has 34 heavy (non-hydrogen) atoms. The van der Waals surface area contributed by atoms with E-state index in [1.807, 2.05) is 29.8 Å².